The lowest BCUT2D eigenvalue weighted by Crippen LogP contribution is -2.51. The molecule has 0 aliphatic heterocycles. The average Bonchev–Trinajstić information content (AvgIpc) is 3.36. The summed E-state index contributed by atoms with van der Waals surface area (Å²) in [6.45, 7) is 2.16. The minimum atomic E-state index is -0.734. The van der Waals surface area contributed by atoms with E-state index in [1.165, 1.54) is 11.1 Å². The minimum Gasteiger partial charge on any atom is -0.481 e. The van der Waals surface area contributed by atoms with E-state index in [-0.39, 0.29) is 48.8 Å². The molecule has 3 N–H and O–H groups in total. The van der Waals surface area contributed by atoms with Crippen LogP contribution in [0.1, 0.15) is 56.1 Å². The van der Waals surface area contributed by atoms with Crippen molar-refractivity contribution in [2.45, 2.75) is 57.0 Å². The maximum Gasteiger partial charge on any atom is 0.407 e. The summed E-state index contributed by atoms with van der Waals surface area (Å²) < 4.78 is 5.62. The normalized spacial score (nSPS) is 24.9. The molecule has 0 radical (unpaired) electrons. The number of amides is 2. The van der Waals surface area contributed by atoms with Gasteiger partial charge in [-0.25, -0.2) is 4.79 Å². The predicted molar refractivity (Wildman–Crippen MR) is 131 cm³/mol. The molecule has 2 saturated carbocycles. The Bertz CT molecular complexity index is 1090. The van der Waals surface area contributed by atoms with Crippen molar-refractivity contribution >= 4 is 18.0 Å². The fraction of sp³-hybridized carbons (Fsp3) is 0.464. The molecule has 4 unspecified atom stereocenters. The second kappa shape index (κ2) is 9.72. The number of alkyl carbamates (subject to hydrolysis) is 1. The van der Waals surface area contributed by atoms with Crippen molar-refractivity contribution in [3.8, 4) is 11.1 Å². The molecule has 0 saturated heterocycles. The topological polar surface area (TPSA) is 105 Å². The van der Waals surface area contributed by atoms with Crippen LogP contribution in [0.5, 0.6) is 0 Å². The molecule has 35 heavy (non-hydrogen) atoms. The third kappa shape index (κ3) is 4.64. The molecular weight excluding hydrogens is 444 g/mol. The number of benzene rings is 2. The Labute approximate surface area is 205 Å². The molecular formula is C28H32N2O5. The van der Waals surface area contributed by atoms with Crippen LogP contribution in [0, 0.1) is 17.8 Å². The highest BCUT2D eigenvalue weighted by Crippen LogP contribution is 2.49. The van der Waals surface area contributed by atoms with E-state index >= 15 is 0 Å². The number of carboxylic acids is 1. The molecule has 2 aromatic carbocycles. The van der Waals surface area contributed by atoms with Gasteiger partial charge in [0.15, 0.2) is 0 Å². The first kappa shape index (κ1) is 23.4. The Morgan fingerprint density at radius 2 is 1.66 bits per heavy atom. The number of carboxylic acid groups (broad SMARTS) is 1. The number of ether oxygens (including phenoxy) is 1. The Morgan fingerprint density at radius 3 is 2.29 bits per heavy atom. The minimum absolute atomic E-state index is 0.0101. The van der Waals surface area contributed by atoms with Gasteiger partial charge in [0, 0.05) is 24.4 Å². The molecule has 2 fully saturated rings. The standard InChI is InChI=1S/C28H32N2O5/c1-2-18(14-26(31)30-25-13-16-11-17(27(32)33)12-23(16)25)29-28(34)35-15-24-21-9-5-3-7-19(21)20-8-4-6-10-22(20)24/h3-10,16-18,23-25H,2,11-15H2,1H3,(H,29,34)(H,30,31)(H,32,33)/t16?,17?,18-,23?,25?/m0/s1. The van der Waals surface area contributed by atoms with E-state index in [9.17, 15) is 19.5 Å². The third-order valence-corrected chi connectivity index (χ3v) is 8.11. The van der Waals surface area contributed by atoms with Gasteiger partial charge in [-0.1, -0.05) is 55.5 Å². The summed E-state index contributed by atoms with van der Waals surface area (Å²) in [7, 11) is 0. The van der Waals surface area contributed by atoms with Crippen molar-refractivity contribution < 1.29 is 24.2 Å². The van der Waals surface area contributed by atoms with Crippen molar-refractivity contribution in [1.29, 1.82) is 0 Å². The first-order valence-corrected chi connectivity index (χ1v) is 12.6. The van der Waals surface area contributed by atoms with Gasteiger partial charge in [-0.15, -0.1) is 0 Å². The fourth-order valence-electron chi connectivity index (χ4n) is 6.19. The molecule has 3 aliphatic rings. The number of fused-ring (bicyclic) bond motifs is 4. The first-order valence-electron chi connectivity index (χ1n) is 12.6. The number of carbonyl (C=O) groups is 3. The summed E-state index contributed by atoms with van der Waals surface area (Å²) in [5, 5.41) is 15.2. The lowest BCUT2D eigenvalue weighted by molar-refractivity contribution is -0.141. The van der Waals surface area contributed by atoms with Crippen molar-refractivity contribution in [1.82, 2.24) is 10.6 Å². The van der Waals surface area contributed by atoms with Crippen molar-refractivity contribution in [3.63, 3.8) is 0 Å². The maximum atomic E-state index is 12.6. The molecule has 7 heteroatoms. The van der Waals surface area contributed by atoms with Crippen LogP contribution in [0.15, 0.2) is 48.5 Å². The molecule has 0 spiro atoms. The lowest BCUT2D eigenvalue weighted by Gasteiger charge is -2.41. The van der Waals surface area contributed by atoms with Gasteiger partial charge < -0.3 is 20.5 Å². The number of aliphatic carboxylic acids is 1. The Hall–Kier alpha value is -3.35. The zero-order valence-corrected chi connectivity index (χ0v) is 19.9. The fourth-order valence-corrected chi connectivity index (χ4v) is 6.19. The van der Waals surface area contributed by atoms with Crippen LogP contribution in [0.25, 0.3) is 11.1 Å². The summed E-state index contributed by atoms with van der Waals surface area (Å²) in [6.07, 6.45) is 2.46. The van der Waals surface area contributed by atoms with Gasteiger partial charge in [0.1, 0.15) is 6.61 Å². The van der Waals surface area contributed by atoms with Crippen LogP contribution >= 0.6 is 0 Å². The highest BCUT2D eigenvalue weighted by atomic mass is 16.5. The monoisotopic (exact) mass is 476 g/mol. The van der Waals surface area contributed by atoms with Gasteiger partial charge in [-0.2, -0.15) is 0 Å². The zero-order chi connectivity index (χ0) is 24.5. The highest BCUT2D eigenvalue weighted by Gasteiger charge is 2.49. The first-order chi connectivity index (χ1) is 16.9. The molecule has 3 aliphatic carbocycles. The zero-order valence-electron chi connectivity index (χ0n) is 19.9. The smallest absolute Gasteiger partial charge is 0.407 e. The molecule has 0 aromatic heterocycles. The Kier molecular flexibility index (Phi) is 6.50. The number of rotatable bonds is 8. The average molecular weight is 477 g/mol. The van der Waals surface area contributed by atoms with Crippen LogP contribution < -0.4 is 10.6 Å². The second-order valence-electron chi connectivity index (χ2n) is 10.1. The summed E-state index contributed by atoms with van der Waals surface area (Å²) in [5.74, 6) is -0.479. The number of carbonyl (C=O) groups excluding carboxylic acids is 2. The third-order valence-electron chi connectivity index (χ3n) is 8.11. The van der Waals surface area contributed by atoms with Crippen molar-refractivity contribution in [2.75, 3.05) is 6.61 Å². The highest BCUT2D eigenvalue weighted by molar-refractivity contribution is 5.80. The number of hydrogen-bond acceptors (Lipinski definition) is 4. The van der Waals surface area contributed by atoms with Gasteiger partial charge in [0.2, 0.25) is 5.91 Å². The number of hydrogen-bond donors (Lipinski definition) is 3. The summed E-state index contributed by atoms with van der Waals surface area (Å²) >= 11 is 0. The summed E-state index contributed by atoms with van der Waals surface area (Å²) in [6, 6.07) is 16.1. The molecule has 0 bridgehead atoms. The van der Waals surface area contributed by atoms with Crippen LogP contribution in [-0.4, -0.2) is 41.8 Å². The summed E-state index contributed by atoms with van der Waals surface area (Å²) in [5.41, 5.74) is 4.67. The van der Waals surface area contributed by atoms with E-state index in [1.807, 2.05) is 31.2 Å². The second-order valence-corrected chi connectivity index (χ2v) is 10.1. The molecule has 2 aromatic rings. The van der Waals surface area contributed by atoms with Crippen LogP contribution in [0.4, 0.5) is 4.79 Å². The summed E-state index contributed by atoms with van der Waals surface area (Å²) in [4.78, 5) is 36.5. The van der Waals surface area contributed by atoms with E-state index in [2.05, 4.69) is 34.9 Å². The van der Waals surface area contributed by atoms with Crippen LogP contribution in [-0.2, 0) is 14.3 Å². The lowest BCUT2D eigenvalue weighted by atomic mass is 9.71. The van der Waals surface area contributed by atoms with Gasteiger partial charge in [-0.3, -0.25) is 9.59 Å². The molecule has 184 valence electrons. The Morgan fingerprint density at radius 1 is 1.00 bits per heavy atom. The van der Waals surface area contributed by atoms with Crippen LogP contribution in [0.3, 0.4) is 0 Å². The number of nitrogens with one attached hydrogen (secondary N) is 2. The molecule has 0 heterocycles. The van der Waals surface area contributed by atoms with E-state index in [0.717, 1.165) is 17.5 Å². The molecule has 2 amide bonds. The van der Waals surface area contributed by atoms with Gasteiger partial charge in [0.05, 0.1) is 5.92 Å². The maximum absolute atomic E-state index is 12.6. The Balaban J connectivity index is 1.11. The van der Waals surface area contributed by atoms with Crippen molar-refractivity contribution in [3.05, 3.63) is 59.7 Å². The molecule has 7 nitrogen and oxygen atoms in total. The van der Waals surface area contributed by atoms with Gasteiger partial charge >= 0.3 is 12.1 Å². The van der Waals surface area contributed by atoms with Crippen molar-refractivity contribution in [2.24, 2.45) is 17.8 Å². The molecule has 5 rings (SSSR count). The molecule has 5 atom stereocenters. The van der Waals surface area contributed by atoms with E-state index < -0.39 is 12.1 Å². The largest absolute Gasteiger partial charge is 0.481 e. The van der Waals surface area contributed by atoms with Gasteiger partial charge in [-0.05, 0) is 59.8 Å². The quantitative estimate of drug-likeness (QED) is 0.527. The van der Waals surface area contributed by atoms with E-state index in [4.69, 9.17) is 4.74 Å². The van der Waals surface area contributed by atoms with Crippen LogP contribution in [0.2, 0.25) is 0 Å². The van der Waals surface area contributed by atoms with E-state index in [1.54, 1.807) is 0 Å². The predicted octanol–water partition coefficient (Wildman–Crippen LogP) is 4.31. The van der Waals surface area contributed by atoms with E-state index in [0.29, 0.717) is 25.2 Å². The van der Waals surface area contributed by atoms with Gasteiger partial charge in [0.25, 0.3) is 0 Å². The SMILES string of the molecule is CC[C@@H](CC(=O)NC1CC2CC(C(=O)O)CC21)NC(=O)OCC1c2ccccc2-c2ccccc21.